The van der Waals surface area contributed by atoms with Crippen LogP contribution in [-0.2, 0) is 13.0 Å². The number of hydrogen-bond donors (Lipinski definition) is 1. The molecule has 1 unspecified atom stereocenters. The van der Waals surface area contributed by atoms with Gasteiger partial charge in [-0.3, -0.25) is 4.68 Å². The van der Waals surface area contributed by atoms with Gasteiger partial charge in [0, 0.05) is 24.7 Å². The van der Waals surface area contributed by atoms with Crippen molar-refractivity contribution in [2.24, 2.45) is 0 Å². The van der Waals surface area contributed by atoms with Crippen molar-refractivity contribution in [1.29, 1.82) is 0 Å². The maximum Gasteiger partial charge on any atom is 0.0596 e. The standard InChI is InChI=1S/C17H25N3/c1-5-20-17(10-14(3)19-20)11-16(12-18-4)15-8-6-13(2)7-9-15/h6-10,16,18H,5,11-12H2,1-4H3. The van der Waals surface area contributed by atoms with Crippen LogP contribution in [0.15, 0.2) is 30.3 Å². The lowest BCUT2D eigenvalue weighted by atomic mass is 9.93. The monoisotopic (exact) mass is 271 g/mol. The quantitative estimate of drug-likeness (QED) is 0.875. The summed E-state index contributed by atoms with van der Waals surface area (Å²) in [5.74, 6) is 0.488. The molecule has 0 saturated carbocycles. The Labute approximate surface area is 122 Å². The van der Waals surface area contributed by atoms with E-state index >= 15 is 0 Å². The van der Waals surface area contributed by atoms with E-state index in [0.717, 1.165) is 25.2 Å². The topological polar surface area (TPSA) is 29.9 Å². The first-order valence-corrected chi connectivity index (χ1v) is 7.38. The molecule has 1 aromatic carbocycles. The van der Waals surface area contributed by atoms with Crippen molar-refractivity contribution < 1.29 is 0 Å². The number of rotatable bonds is 6. The van der Waals surface area contributed by atoms with Crippen LogP contribution in [0, 0.1) is 13.8 Å². The smallest absolute Gasteiger partial charge is 0.0596 e. The Morgan fingerprint density at radius 1 is 1.20 bits per heavy atom. The number of hydrogen-bond acceptors (Lipinski definition) is 2. The van der Waals surface area contributed by atoms with Gasteiger partial charge in [-0.1, -0.05) is 29.8 Å². The van der Waals surface area contributed by atoms with Gasteiger partial charge in [-0.05, 0) is 45.9 Å². The summed E-state index contributed by atoms with van der Waals surface area (Å²) in [5, 5.41) is 7.86. The average molecular weight is 271 g/mol. The molecule has 1 atom stereocenters. The SMILES string of the molecule is CCn1nc(C)cc1CC(CNC)c1ccc(C)cc1. The molecule has 3 nitrogen and oxygen atoms in total. The van der Waals surface area contributed by atoms with Gasteiger partial charge in [0.15, 0.2) is 0 Å². The molecular weight excluding hydrogens is 246 g/mol. The fraction of sp³-hybridized carbons (Fsp3) is 0.471. The second-order valence-corrected chi connectivity index (χ2v) is 5.46. The van der Waals surface area contributed by atoms with Crippen molar-refractivity contribution in [3.63, 3.8) is 0 Å². The van der Waals surface area contributed by atoms with Gasteiger partial charge in [0.1, 0.15) is 0 Å². The summed E-state index contributed by atoms with van der Waals surface area (Å²) >= 11 is 0. The summed E-state index contributed by atoms with van der Waals surface area (Å²) in [6, 6.07) is 11.1. The van der Waals surface area contributed by atoms with Crippen LogP contribution in [0.25, 0.3) is 0 Å². The number of nitrogens with zero attached hydrogens (tertiary/aromatic N) is 2. The van der Waals surface area contributed by atoms with Gasteiger partial charge in [0.05, 0.1) is 5.69 Å². The zero-order valence-corrected chi connectivity index (χ0v) is 13.0. The van der Waals surface area contributed by atoms with Gasteiger partial charge in [-0.2, -0.15) is 5.10 Å². The average Bonchev–Trinajstić information content (AvgIpc) is 2.79. The van der Waals surface area contributed by atoms with Gasteiger partial charge in [0.25, 0.3) is 0 Å². The summed E-state index contributed by atoms with van der Waals surface area (Å²) in [4.78, 5) is 0. The molecule has 0 aliphatic heterocycles. The predicted octanol–water partition coefficient (Wildman–Crippen LogP) is 3.07. The van der Waals surface area contributed by atoms with E-state index in [4.69, 9.17) is 0 Å². The third-order valence-electron chi connectivity index (χ3n) is 3.74. The molecular formula is C17H25N3. The highest BCUT2D eigenvalue weighted by Gasteiger charge is 2.15. The molecule has 1 heterocycles. The number of likely N-dealkylation sites (N-methyl/N-ethyl adjacent to an activating group) is 1. The third-order valence-corrected chi connectivity index (χ3v) is 3.74. The zero-order chi connectivity index (χ0) is 14.5. The molecule has 20 heavy (non-hydrogen) atoms. The van der Waals surface area contributed by atoms with E-state index in [2.05, 4.69) is 66.2 Å². The maximum atomic E-state index is 4.55. The highest BCUT2D eigenvalue weighted by atomic mass is 15.3. The van der Waals surface area contributed by atoms with Crippen molar-refractivity contribution >= 4 is 0 Å². The minimum atomic E-state index is 0.488. The highest BCUT2D eigenvalue weighted by Crippen LogP contribution is 2.21. The zero-order valence-electron chi connectivity index (χ0n) is 13.0. The van der Waals surface area contributed by atoms with Crippen LogP contribution in [0.5, 0.6) is 0 Å². The lowest BCUT2D eigenvalue weighted by molar-refractivity contribution is 0.563. The Hall–Kier alpha value is -1.61. The summed E-state index contributed by atoms with van der Waals surface area (Å²) in [5.41, 5.74) is 5.14. The van der Waals surface area contributed by atoms with Crippen LogP contribution in [0.4, 0.5) is 0 Å². The Balaban J connectivity index is 2.22. The van der Waals surface area contributed by atoms with Crippen molar-refractivity contribution in [1.82, 2.24) is 15.1 Å². The van der Waals surface area contributed by atoms with E-state index in [1.54, 1.807) is 0 Å². The molecule has 0 bridgehead atoms. The number of nitrogens with one attached hydrogen (secondary N) is 1. The van der Waals surface area contributed by atoms with E-state index in [9.17, 15) is 0 Å². The second kappa shape index (κ2) is 6.71. The molecule has 2 rings (SSSR count). The molecule has 3 heteroatoms. The van der Waals surface area contributed by atoms with Crippen LogP contribution in [0.2, 0.25) is 0 Å². The van der Waals surface area contributed by atoms with E-state index in [1.165, 1.54) is 16.8 Å². The van der Waals surface area contributed by atoms with Gasteiger partial charge >= 0.3 is 0 Å². The summed E-state index contributed by atoms with van der Waals surface area (Å²) < 4.78 is 2.12. The molecule has 1 aromatic heterocycles. The second-order valence-electron chi connectivity index (χ2n) is 5.46. The van der Waals surface area contributed by atoms with Crippen molar-refractivity contribution in [3.05, 3.63) is 52.8 Å². The number of benzene rings is 1. The predicted molar refractivity (Wildman–Crippen MR) is 84.2 cm³/mol. The summed E-state index contributed by atoms with van der Waals surface area (Å²) in [6.07, 6.45) is 1.03. The molecule has 0 aliphatic carbocycles. The molecule has 0 spiro atoms. The Bertz CT molecular complexity index is 540. The van der Waals surface area contributed by atoms with Crippen molar-refractivity contribution in [3.8, 4) is 0 Å². The first-order chi connectivity index (χ1) is 9.63. The molecule has 0 fully saturated rings. The Morgan fingerprint density at radius 2 is 1.90 bits per heavy atom. The van der Waals surface area contributed by atoms with Crippen LogP contribution < -0.4 is 5.32 Å². The van der Waals surface area contributed by atoms with E-state index in [0.29, 0.717) is 5.92 Å². The van der Waals surface area contributed by atoms with E-state index < -0.39 is 0 Å². The molecule has 0 saturated heterocycles. The van der Waals surface area contributed by atoms with E-state index in [-0.39, 0.29) is 0 Å². The molecule has 0 amide bonds. The minimum Gasteiger partial charge on any atom is -0.319 e. The van der Waals surface area contributed by atoms with Crippen LogP contribution in [0.1, 0.15) is 35.4 Å². The minimum absolute atomic E-state index is 0.488. The lowest BCUT2D eigenvalue weighted by Crippen LogP contribution is -2.20. The summed E-state index contributed by atoms with van der Waals surface area (Å²) in [6.45, 7) is 8.26. The fourth-order valence-electron chi connectivity index (χ4n) is 2.68. The van der Waals surface area contributed by atoms with Crippen LogP contribution >= 0.6 is 0 Å². The van der Waals surface area contributed by atoms with Gasteiger partial charge in [-0.25, -0.2) is 0 Å². The van der Waals surface area contributed by atoms with Crippen LogP contribution in [-0.4, -0.2) is 23.4 Å². The molecule has 2 aromatic rings. The van der Waals surface area contributed by atoms with Crippen molar-refractivity contribution in [2.45, 2.75) is 39.7 Å². The van der Waals surface area contributed by atoms with Gasteiger partial charge in [0.2, 0.25) is 0 Å². The van der Waals surface area contributed by atoms with Gasteiger partial charge in [-0.15, -0.1) is 0 Å². The van der Waals surface area contributed by atoms with Crippen molar-refractivity contribution in [2.75, 3.05) is 13.6 Å². The largest absolute Gasteiger partial charge is 0.319 e. The van der Waals surface area contributed by atoms with Crippen LogP contribution in [0.3, 0.4) is 0 Å². The molecule has 108 valence electrons. The maximum absolute atomic E-state index is 4.55. The van der Waals surface area contributed by atoms with Gasteiger partial charge < -0.3 is 5.32 Å². The molecule has 1 N–H and O–H groups in total. The lowest BCUT2D eigenvalue weighted by Gasteiger charge is -2.18. The Kier molecular flexibility index (Phi) is 4.96. The summed E-state index contributed by atoms with van der Waals surface area (Å²) in [7, 11) is 2.02. The number of aromatic nitrogens is 2. The first kappa shape index (κ1) is 14.8. The van der Waals surface area contributed by atoms with E-state index in [1.807, 2.05) is 7.05 Å². The molecule has 0 aliphatic rings. The number of aryl methyl sites for hydroxylation is 3. The first-order valence-electron chi connectivity index (χ1n) is 7.38. The highest BCUT2D eigenvalue weighted by molar-refractivity contribution is 5.26. The fourth-order valence-corrected chi connectivity index (χ4v) is 2.68. The normalized spacial score (nSPS) is 12.6. The molecule has 0 radical (unpaired) electrons. The third kappa shape index (κ3) is 3.48. The Morgan fingerprint density at radius 3 is 2.50 bits per heavy atom.